The van der Waals surface area contributed by atoms with Crippen molar-refractivity contribution in [1.29, 1.82) is 0 Å². The van der Waals surface area contributed by atoms with Crippen LogP contribution in [-0.4, -0.2) is 31.0 Å². The van der Waals surface area contributed by atoms with Crippen molar-refractivity contribution in [3.05, 3.63) is 29.8 Å². The summed E-state index contributed by atoms with van der Waals surface area (Å²) >= 11 is 1.71. The molecule has 1 aliphatic rings. The summed E-state index contributed by atoms with van der Waals surface area (Å²) in [6, 6.07) is 8.48. The van der Waals surface area contributed by atoms with Crippen LogP contribution in [0.2, 0.25) is 0 Å². The smallest absolute Gasteiger partial charge is 0.407 e. The first-order valence-corrected chi connectivity index (χ1v) is 7.13. The highest BCUT2D eigenvalue weighted by Crippen LogP contribution is 2.21. The summed E-state index contributed by atoms with van der Waals surface area (Å²) in [6.45, 7) is 4.60. The molecule has 1 heterocycles. The van der Waals surface area contributed by atoms with Crippen LogP contribution in [0.5, 0.6) is 0 Å². The van der Waals surface area contributed by atoms with Crippen molar-refractivity contribution in [3.8, 4) is 0 Å². The van der Waals surface area contributed by atoms with Crippen LogP contribution in [0, 0.1) is 0 Å². The summed E-state index contributed by atoms with van der Waals surface area (Å²) in [5.74, 6) is 0.797. The fourth-order valence-corrected chi connectivity index (χ4v) is 2.58. The normalized spacial score (nSPS) is 18.5. The SMILES string of the molecule is CCNCc1ccc(SCC2CNC(=O)O2)cc1. The number of alkyl carbamates (subject to hydrolysis) is 1. The molecule has 4 nitrogen and oxygen atoms in total. The highest BCUT2D eigenvalue weighted by molar-refractivity contribution is 7.99. The predicted octanol–water partition coefficient (Wildman–Crippen LogP) is 2.00. The number of carbonyl (C=O) groups is 1. The summed E-state index contributed by atoms with van der Waals surface area (Å²) < 4.78 is 5.08. The highest BCUT2D eigenvalue weighted by Gasteiger charge is 2.22. The number of carbonyl (C=O) groups excluding carboxylic acids is 1. The van der Waals surface area contributed by atoms with E-state index in [2.05, 4.69) is 41.8 Å². The minimum Gasteiger partial charge on any atom is -0.443 e. The molecule has 98 valence electrons. The van der Waals surface area contributed by atoms with Gasteiger partial charge in [-0.2, -0.15) is 0 Å². The van der Waals surface area contributed by atoms with E-state index in [-0.39, 0.29) is 12.2 Å². The van der Waals surface area contributed by atoms with E-state index in [1.165, 1.54) is 10.5 Å². The number of hydrogen-bond donors (Lipinski definition) is 2. The number of benzene rings is 1. The second kappa shape index (κ2) is 6.66. The van der Waals surface area contributed by atoms with Crippen molar-refractivity contribution in [2.24, 2.45) is 0 Å². The van der Waals surface area contributed by atoms with Gasteiger partial charge in [-0.1, -0.05) is 19.1 Å². The fraction of sp³-hybridized carbons (Fsp3) is 0.462. The van der Waals surface area contributed by atoms with Gasteiger partial charge in [0, 0.05) is 17.2 Å². The lowest BCUT2D eigenvalue weighted by Crippen LogP contribution is -2.16. The van der Waals surface area contributed by atoms with Gasteiger partial charge < -0.3 is 15.4 Å². The molecular weight excluding hydrogens is 248 g/mol. The molecule has 1 saturated heterocycles. The molecule has 0 saturated carbocycles. The van der Waals surface area contributed by atoms with Gasteiger partial charge in [-0.15, -0.1) is 11.8 Å². The molecule has 0 aliphatic carbocycles. The van der Waals surface area contributed by atoms with Crippen LogP contribution in [-0.2, 0) is 11.3 Å². The largest absolute Gasteiger partial charge is 0.443 e. The Morgan fingerprint density at radius 3 is 2.83 bits per heavy atom. The fourth-order valence-electron chi connectivity index (χ4n) is 1.69. The van der Waals surface area contributed by atoms with Crippen molar-refractivity contribution in [1.82, 2.24) is 10.6 Å². The number of cyclic esters (lactones) is 1. The zero-order valence-corrected chi connectivity index (χ0v) is 11.3. The molecule has 5 heteroatoms. The summed E-state index contributed by atoms with van der Waals surface area (Å²) in [4.78, 5) is 12.1. The maximum Gasteiger partial charge on any atom is 0.407 e. The predicted molar refractivity (Wildman–Crippen MR) is 72.8 cm³/mol. The van der Waals surface area contributed by atoms with E-state index in [1.807, 2.05) is 0 Å². The monoisotopic (exact) mass is 266 g/mol. The van der Waals surface area contributed by atoms with Gasteiger partial charge in [-0.05, 0) is 24.2 Å². The molecule has 0 aromatic heterocycles. The third-order valence-electron chi connectivity index (χ3n) is 2.69. The number of amides is 1. The van der Waals surface area contributed by atoms with Crippen molar-refractivity contribution < 1.29 is 9.53 Å². The van der Waals surface area contributed by atoms with Crippen molar-refractivity contribution >= 4 is 17.9 Å². The molecule has 0 radical (unpaired) electrons. The Morgan fingerprint density at radius 2 is 2.22 bits per heavy atom. The molecule has 1 aromatic rings. The molecule has 0 spiro atoms. The second-order valence-corrected chi connectivity index (χ2v) is 5.24. The lowest BCUT2D eigenvalue weighted by Gasteiger charge is -2.08. The first kappa shape index (κ1) is 13.2. The Bertz CT molecular complexity index is 394. The first-order chi connectivity index (χ1) is 8.78. The molecule has 18 heavy (non-hydrogen) atoms. The lowest BCUT2D eigenvalue weighted by atomic mass is 10.2. The van der Waals surface area contributed by atoms with E-state index in [9.17, 15) is 4.79 Å². The summed E-state index contributed by atoms with van der Waals surface area (Å²) in [6.07, 6.45) is -0.314. The standard InChI is InChI=1S/C13H18N2O2S/c1-2-14-7-10-3-5-12(6-4-10)18-9-11-8-15-13(16)17-11/h3-6,11,14H,2,7-9H2,1H3,(H,15,16). The van der Waals surface area contributed by atoms with E-state index in [0.717, 1.165) is 18.8 Å². The zero-order chi connectivity index (χ0) is 12.8. The van der Waals surface area contributed by atoms with Gasteiger partial charge in [0.15, 0.2) is 0 Å². The minimum absolute atomic E-state index is 0.0102. The quantitative estimate of drug-likeness (QED) is 0.773. The molecule has 1 aliphatic heterocycles. The number of rotatable bonds is 6. The molecule has 0 bridgehead atoms. The second-order valence-electron chi connectivity index (χ2n) is 4.14. The van der Waals surface area contributed by atoms with E-state index >= 15 is 0 Å². The van der Waals surface area contributed by atoms with Crippen LogP contribution in [0.4, 0.5) is 4.79 Å². The zero-order valence-electron chi connectivity index (χ0n) is 10.4. The highest BCUT2D eigenvalue weighted by atomic mass is 32.2. The third kappa shape index (κ3) is 3.92. The first-order valence-electron chi connectivity index (χ1n) is 6.15. The number of thioether (sulfide) groups is 1. The van der Waals surface area contributed by atoms with Crippen LogP contribution in [0.25, 0.3) is 0 Å². The molecule has 1 amide bonds. The van der Waals surface area contributed by atoms with Crippen LogP contribution in [0.1, 0.15) is 12.5 Å². The van der Waals surface area contributed by atoms with Crippen LogP contribution in [0.3, 0.4) is 0 Å². The average Bonchev–Trinajstić information content (AvgIpc) is 2.81. The van der Waals surface area contributed by atoms with Crippen molar-refractivity contribution in [2.75, 3.05) is 18.8 Å². The Labute approximate surface area is 111 Å². The van der Waals surface area contributed by atoms with Crippen LogP contribution in [0.15, 0.2) is 29.2 Å². The molecule has 2 rings (SSSR count). The maximum atomic E-state index is 10.9. The Morgan fingerprint density at radius 1 is 1.44 bits per heavy atom. The Kier molecular flexibility index (Phi) is 4.90. The number of nitrogens with one attached hydrogen (secondary N) is 2. The number of ether oxygens (including phenoxy) is 1. The van der Waals surface area contributed by atoms with Gasteiger partial charge in [0.25, 0.3) is 0 Å². The van der Waals surface area contributed by atoms with E-state index in [0.29, 0.717) is 6.54 Å². The van der Waals surface area contributed by atoms with E-state index < -0.39 is 0 Å². The molecule has 1 atom stereocenters. The van der Waals surface area contributed by atoms with Gasteiger partial charge in [0.2, 0.25) is 0 Å². The summed E-state index contributed by atoms with van der Waals surface area (Å²) in [5, 5.41) is 5.95. The van der Waals surface area contributed by atoms with Gasteiger partial charge in [-0.3, -0.25) is 0 Å². The van der Waals surface area contributed by atoms with E-state index in [1.54, 1.807) is 11.8 Å². The maximum absolute atomic E-state index is 10.9. The molecule has 1 aromatic carbocycles. The van der Waals surface area contributed by atoms with E-state index in [4.69, 9.17) is 4.74 Å². The summed E-state index contributed by atoms with van der Waals surface area (Å²) in [7, 11) is 0. The minimum atomic E-state index is -0.304. The molecule has 1 unspecified atom stereocenters. The van der Waals surface area contributed by atoms with Crippen molar-refractivity contribution in [3.63, 3.8) is 0 Å². The summed E-state index contributed by atoms with van der Waals surface area (Å²) in [5.41, 5.74) is 1.29. The Balaban J connectivity index is 1.77. The van der Waals surface area contributed by atoms with Gasteiger partial charge in [0.05, 0.1) is 6.54 Å². The van der Waals surface area contributed by atoms with Gasteiger partial charge in [-0.25, -0.2) is 4.79 Å². The number of hydrogen-bond acceptors (Lipinski definition) is 4. The van der Waals surface area contributed by atoms with Crippen molar-refractivity contribution in [2.45, 2.75) is 24.5 Å². The van der Waals surface area contributed by atoms with Crippen LogP contribution < -0.4 is 10.6 Å². The molecule has 2 N–H and O–H groups in total. The Hall–Kier alpha value is -1.20. The topological polar surface area (TPSA) is 50.4 Å². The van der Waals surface area contributed by atoms with Gasteiger partial charge in [0.1, 0.15) is 6.10 Å². The van der Waals surface area contributed by atoms with Crippen LogP contribution >= 0.6 is 11.8 Å². The average molecular weight is 266 g/mol. The lowest BCUT2D eigenvalue weighted by molar-refractivity contribution is 0.150. The third-order valence-corrected chi connectivity index (χ3v) is 3.83. The van der Waals surface area contributed by atoms with Gasteiger partial charge >= 0.3 is 6.09 Å². The molecule has 1 fully saturated rings. The molecular formula is C13H18N2O2S.